The van der Waals surface area contributed by atoms with E-state index in [0.29, 0.717) is 35.5 Å². The lowest BCUT2D eigenvalue weighted by Crippen LogP contribution is -2.34. The number of amides is 2. The number of halogens is 1. The Balaban J connectivity index is 1.74. The Morgan fingerprint density at radius 2 is 2.14 bits per heavy atom. The number of hydrogen-bond donors (Lipinski definition) is 1. The lowest BCUT2D eigenvalue weighted by Gasteiger charge is -2.17. The minimum Gasteiger partial charge on any atom is -0.492 e. The van der Waals surface area contributed by atoms with Gasteiger partial charge in [0, 0.05) is 18.1 Å². The van der Waals surface area contributed by atoms with E-state index in [0.717, 1.165) is 0 Å². The summed E-state index contributed by atoms with van der Waals surface area (Å²) < 4.78 is 10.4. The molecule has 0 aliphatic heterocycles. The minimum absolute atomic E-state index is 0.275. The maximum absolute atomic E-state index is 11.9. The van der Waals surface area contributed by atoms with Gasteiger partial charge in [0.05, 0.1) is 6.54 Å². The van der Waals surface area contributed by atoms with E-state index in [2.05, 4.69) is 10.5 Å². The maximum Gasteiger partial charge on any atom is 0.322 e. The van der Waals surface area contributed by atoms with Crippen molar-refractivity contribution < 1.29 is 14.1 Å². The van der Waals surface area contributed by atoms with Crippen LogP contribution in [0.3, 0.4) is 0 Å². The highest BCUT2D eigenvalue weighted by molar-refractivity contribution is 6.30. The number of anilines is 1. The van der Waals surface area contributed by atoms with Gasteiger partial charge in [0.1, 0.15) is 18.1 Å². The first-order valence-electron chi connectivity index (χ1n) is 6.38. The summed E-state index contributed by atoms with van der Waals surface area (Å²) in [6.45, 7) is 2.57. The molecule has 0 unspecified atom stereocenters. The molecular formula is C14H16ClN3O3. The van der Waals surface area contributed by atoms with Crippen molar-refractivity contribution in [2.24, 2.45) is 0 Å². The third-order valence-electron chi connectivity index (χ3n) is 2.72. The average Bonchev–Trinajstić information content (AvgIpc) is 2.86. The molecule has 0 spiro atoms. The zero-order valence-electron chi connectivity index (χ0n) is 11.8. The second-order valence-corrected chi connectivity index (χ2v) is 4.91. The summed E-state index contributed by atoms with van der Waals surface area (Å²) in [5, 5.41) is 6.98. The fraction of sp³-hybridized carbons (Fsp3) is 0.286. The number of ether oxygens (including phenoxy) is 1. The summed E-state index contributed by atoms with van der Waals surface area (Å²) in [4.78, 5) is 13.4. The summed E-state index contributed by atoms with van der Waals surface area (Å²) in [6, 6.07) is 8.43. The summed E-state index contributed by atoms with van der Waals surface area (Å²) >= 11 is 5.79. The number of carbonyl (C=O) groups excluding carboxylic acids is 1. The van der Waals surface area contributed by atoms with Crippen molar-refractivity contribution in [3.05, 3.63) is 41.1 Å². The van der Waals surface area contributed by atoms with E-state index < -0.39 is 0 Å². The molecule has 2 rings (SSSR count). The van der Waals surface area contributed by atoms with E-state index in [-0.39, 0.29) is 6.03 Å². The van der Waals surface area contributed by atoms with Gasteiger partial charge in [-0.25, -0.2) is 4.79 Å². The van der Waals surface area contributed by atoms with Crippen molar-refractivity contribution in [1.29, 1.82) is 0 Å². The molecule has 2 amide bonds. The number of hydrogen-bond acceptors (Lipinski definition) is 4. The number of aromatic nitrogens is 1. The topological polar surface area (TPSA) is 67.6 Å². The van der Waals surface area contributed by atoms with Crippen LogP contribution in [-0.2, 0) is 0 Å². The summed E-state index contributed by atoms with van der Waals surface area (Å²) in [6.07, 6.45) is 0. The van der Waals surface area contributed by atoms with Crippen LogP contribution in [0.5, 0.6) is 5.75 Å². The van der Waals surface area contributed by atoms with Crippen LogP contribution in [0.4, 0.5) is 10.6 Å². The standard InChI is InChI=1S/C14H16ClN3O3/c1-10-9-13(17-21-10)16-14(19)18(2)7-8-20-12-5-3-11(15)4-6-12/h3-6,9H,7-8H2,1-2H3,(H,16,17,19). The zero-order chi connectivity index (χ0) is 15.2. The second kappa shape index (κ2) is 6.99. The van der Waals surface area contributed by atoms with Crippen molar-refractivity contribution in [2.45, 2.75) is 6.92 Å². The Bertz CT molecular complexity index is 598. The molecule has 1 aromatic carbocycles. The van der Waals surface area contributed by atoms with Crippen molar-refractivity contribution >= 4 is 23.4 Å². The molecule has 0 bridgehead atoms. The van der Waals surface area contributed by atoms with Crippen LogP contribution in [0.1, 0.15) is 5.76 Å². The largest absolute Gasteiger partial charge is 0.492 e. The molecule has 112 valence electrons. The van der Waals surface area contributed by atoms with Crippen LogP contribution in [0.15, 0.2) is 34.9 Å². The predicted molar refractivity (Wildman–Crippen MR) is 79.8 cm³/mol. The number of likely N-dealkylation sites (N-methyl/N-ethyl adjacent to an activating group) is 1. The van der Waals surface area contributed by atoms with Crippen LogP contribution in [-0.4, -0.2) is 36.3 Å². The normalized spacial score (nSPS) is 10.2. The molecule has 6 nitrogen and oxygen atoms in total. The van der Waals surface area contributed by atoms with Crippen LogP contribution in [0, 0.1) is 6.92 Å². The van der Waals surface area contributed by atoms with Gasteiger partial charge in [-0.2, -0.15) is 0 Å². The Labute approximate surface area is 127 Å². The molecule has 2 aromatic rings. The van der Waals surface area contributed by atoms with Crippen molar-refractivity contribution in [1.82, 2.24) is 10.1 Å². The fourth-order valence-corrected chi connectivity index (χ4v) is 1.69. The highest BCUT2D eigenvalue weighted by Gasteiger charge is 2.11. The number of nitrogens with one attached hydrogen (secondary N) is 1. The molecule has 0 saturated heterocycles. The minimum atomic E-state index is -0.275. The van der Waals surface area contributed by atoms with Gasteiger partial charge in [-0.15, -0.1) is 0 Å². The quantitative estimate of drug-likeness (QED) is 0.921. The van der Waals surface area contributed by atoms with Crippen LogP contribution in [0.2, 0.25) is 5.02 Å². The van der Waals surface area contributed by atoms with E-state index in [1.54, 1.807) is 44.3 Å². The lowest BCUT2D eigenvalue weighted by molar-refractivity contribution is 0.207. The SMILES string of the molecule is Cc1cc(NC(=O)N(C)CCOc2ccc(Cl)cc2)no1. The van der Waals surface area contributed by atoms with E-state index in [4.69, 9.17) is 20.9 Å². The van der Waals surface area contributed by atoms with Gasteiger partial charge in [-0.05, 0) is 31.2 Å². The molecular weight excluding hydrogens is 294 g/mol. The van der Waals surface area contributed by atoms with Gasteiger partial charge >= 0.3 is 6.03 Å². The third-order valence-corrected chi connectivity index (χ3v) is 2.97. The molecule has 0 radical (unpaired) electrons. The van der Waals surface area contributed by atoms with Gasteiger partial charge in [-0.1, -0.05) is 16.8 Å². The first kappa shape index (κ1) is 15.2. The Hall–Kier alpha value is -2.21. The molecule has 21 heavy (non-hydrogen) atoms. The number of nitrogens with zero attached hydrogens (tertiary/aromatic N) is 2. The number of rotatable bonds is 5. The molecule has 7 heteroatoms. The molecule has 1 N–H and O–H groups in total. The highest BCUT2D eigenvalue weighted by atomic mass is 35.5. The van der Waals surface area contributed by atoms with Gasteiger partial charge in [0.15, 0.2) is 5.82 Å². The summed E-state index contributed by atoms with van der Waals surface area (Å²) in [7, 11) is 1.67. The van der Waals surface area contributed by atoms with E-state index in [1.807, 2.05) is 0 Å². The van der Waals surface area contributed by atoms with E-state index in [1.165, 1.54) is 4.90 Å². The van der Waals surface area contributed by atoms with Gasteiger partial charge in [-0.3, -0.25) is 5.32 Å². The van der Waals surface area contributed by atoms with Crippen molar-refractivity contribution in [3.8, 4) is 5.75 Å². The van der Waals surface area contributed by atoms with Gasteiger partial charge < -0.3 is 14.2 Å². The van der Waals surface area contributed by atoms with Crippen LogP contribution >= 0.6 is 11.6 Å². The molecule has 0 saturated carbocycles. The monoisotopic (exact) mass is 309 g/mol. The smallest absolute Gasteiger partial charge is 0.322 e. The molecule has 1 heterocycles. The van der Waals surface area contributed by atoms with E-state index >= 15 is 0 Å². The van der Waals surface area contributed by atoms with Crippen LogP contribution in [0.25, 0.3) is 0 Å². The number of aryl methyl sites for hydroxylation is 1. The number of urea groups is 1. The Kier molecular flexibility index (Phi) is 5.05. The fourth-order valence-electron chi connectivity index (χ4n) is 1.56. The summed E-state index contributed by atoms with van der Waals surface area (Å²) in [5.74, 6) is 1.74. The van der Waals surface area contributed by atoms with E-state index in [9.17, 15) is 4.79 Å². The first-order valence-corrected chi connectivity index (χ1v) is 6.76. The molecule has 0 aliphatic rings. The lowest BCUT2D eigenvalue weighted by atomic mass is 10.3. The average molecular weight is 310 g/mol. The second-order valence-electron chi connectivity index (χ2n) is 4.48. The molecule has 0 atom stereocenters. The number of benzene rings is 1. The Morgan fingerprint density at radius 1 is 1.43 bits per heavy atom. The van der Waals surface area contributed by atoms with Crippen LogP contribution < -0.4 is 10.1 Å². The number of carbonyl (C=O) groups is 1. The molecule has 0 fully saturated rings. The van der Waals surface area contributed by atoms with Crippen molar-refractivity contribution in [3.63, 3.8) is 0 Å². The molecule has 0 aliphatic carbocycles. The highest BCUT2D eigenvalue weighted by Crippen LogP contribution is 2.15. The zero-order valence-corrected chi connectivity index (χ0v) is 12.6. The Morgan fingerprint density at radius 3 is 2.76 bits per heavy atom. The summed E-state index contributed by atoms with van der Waals surface area (Å²) in [5.41, 5.74) is 0. The van der Waals surface area contributed by atoms with Crippen molar-refractivity contribution in [2.75, 3.05) is 25.5 Å². The maximum atomic E-state index is 11.9. The predicted octanol–water partition coefficient (Wildman–Crippen LogP) is 3.18. The van der Waals surface area contributed by atoms with Gasteiger partial charge in [0.2, 0.25) is 0 Å². The van der Waals surface area contributed by atoms with Gasteiger partial charge in [0.25, 0.3) is 0 Å². The molecule has 1 aromatic heterocycles. The first-order chi connectivity index (χ1) is 10.0. The third kappa shape index (κ3) is 4.68.